The van der Waals surface area contributed by atoms with E-state index in [0.717, 1.165) is 52.9 Å². The molecule has 1 aliphatic carbocycles. The highest BCUT2D eigenvalue weighted by Crippen LogP contribution is 2.39. The first-order valence-corrected chi connectivity index (χ1v) is 12.1. The van der Waals surface area contributed by atoms with Gasteiger partial charge in [0, 0.05) is 24.0 Å². The van der Waals surface area contributed by atoms with E-state index in [-0.39, 0.29) is 12.6 Å². The maximum atomic E-state index is 11.8. The van der Waals surface area contributed by atoms with Crippen molar-refractivity contribution in [3.8, 4) is 5.88 Å². The van der Waals surface area contributed by atoms with Crippen molar-refractivity contribution in [3.63, 3.8) is 0 Å². The van der Waals surface area contributed by atoms with Crippen LogP contribution >= 0.6 is 11.3 Å². The van der Waals surface area contributed by atoms with Gasteiger partial charge in [-0.2, -0.15) is 12.7 Å². The van der Waals surface area contributed by atoms with Crippen LogP contribution in [0.1, 0.15) is 43.0 Å². The second-order valence-electron chi connectivity index (χ2n) is 7.61. The molecule has 4 rings (SSSR count). The van der Waals surface area contributed by atoms with Crippen molar-refractivity contribution in [1.82, 2.24) is 19.2 Å². The SMILES string of the molecule is CCN(C)C1CCC(Oc2ncnc3sc4c(c23)CN(S(N)(=O)=O)CC4)CC1. The Morgan fingerprint density at radius 1 is 1.32 bits per heavy atom. The van der Waals surface area contributed by atoms with Crippen molar-refractivity contribution >= 4 is 31.8 Å². The maximum absolute atomic E-state index is 11.8. The lowest BCUT2D eigenvalue weighted by molar-refractivity contribution is 0.101. The van der Waals surface area contributed by atoms with Gasteiger partial charge in [-0.25, -0.2) is 15.1 Å². The number of fused-ring (bicyclic) bond motifs is 3. The zero-order valence-corrected chi connectivity index (χ0v) is 17.9. The van der Waals surface area contributed by atoms with Crippen molar-refractivity contribution in [2.75, 3.05) is 20.1 Å². The minimum Gasteiger partial charge on any atom is -0.474 e. The fourth-order valence-corrected chi connectivity index (χ4v) is 5.97. The molecule has 0 radical (unpaired) electrons. The van der Waals surface area contributed by atoms with Gasteiger partial charge in [0.25, 0.3) is 10.2 Å². The first kappa shape index (κ1) is 20.0. The molecule has 28 heavy (non-hydrogen) atoms. The van der Waals surface area contributed by atoms with Crippen LogP contribution in [0.25, 0.3) is 10.2 Å². The molecule has 154 valence electrons. The number of hydrogen-bond donors (Lipinski definition) is 1. The average Bonchev–Trinajstić information content (AvgIpc) is 3.06. The van der Waals surface area contributed by atoms with Crippen LogP contribution in [0.2, 0.25) is 0 Å². The molecule has 2 aliphatic rings. The van der Waals surface area contributed by atoms with Crippen LogP contribution in [0.4, 0.5) is 0 Å². The smallest absolute Gasteiger partial charge is 0.277 e. The highest BCUT2D eigenvalue weighted by molar-refractivity contribution is 7.86. The molecular weight excluding hydrogens is 398 g/mol. The summed E-state index contributed by atoms with van der Waals surface area (Å²) in [5.74, 6) is 0.575. The van der Waals surface area contributed by atoms with Crippen LogP contribution in [0.3, 0.4) is 0 Å². The minimum atomic E-state index is -3.72. The van der Waals surface area contributed by atoms with Gasteiger partial charge in [-0.3, -0.25) is 0 Å². The predicted octanol–water partition coefficient (Wildman–Crippen LogP) is 1.89. The maximum Gasteiger partial charge on any atom is 0.277 e. The van der Waals surface area contributed by atoms with E-state index in [1.54, 1.807) is 11.3 Å². The molecule has 2 aromatic rings. The van der Waals surface area contributed by atoms with Crippen molar-refractivity contribution in [2.24, 2.45) is 5.14 Å². The van der Waals surface area contributed by atoms with Gasteiger partial charge in [0.1, 0.15) is 17.3 Å². The van der Waals surface area contributed by atoms with E-state index in [2.05, 4.69) is 28.8 Å². The van der Waals surface area contributed by atoms with E-state index in [1.165, 1.54) is 10.6 Å². The first-order valence-electron chi connectivity index (χ1n) is 9.76. The van der Waals surface area contributed by atoms with Crippen LogP contribution in [-0.2, 0) is 23.2 Å². The second kappa shape index (κ2) is 7.83. The van der Waals surface area contributed by atoms with Crippen molar-refractivity contribution in [2.45, 2.75) is 57.7 Å². The van der Waals surface area contributed by atoms with Gasteiger partial charge in [0.15, 0.2) is 0 Å². The molecule has 2 aromatic heterocycles. The van der Waals surface area contributed by atoms with Gasteiger partial charge in [-0.1, -0.05) is 6.92 Å². The Hall–Kier alpha value is -1.33. The molecular formula is C18H27N5O3S2. The van der Waals surface area contributed by atoms with E-state index in [9.17, 15) is 8.42 Å². The Balaban J connectivity index is 1.57. The summed E-state index contributed by atoms with van der Waals surface area (Å²) in [5, 5.41) is 6.20. The van der Waals surface area contributed by atoms with E-state index >= 15 is 0 Å². The topological polar surface area (TPSA) is 102 Å². The lowest BCUT2D eigenvalue weighted by Gasteiger charge is -2.34. The van der Waals surface area contributed by atoms with Gasteiger partial charge in [-0.15, -0.1) is 11.3 Å². The summed E-state index contributed by atoms with van der Waals surface area (Å²) >= 11 is 1.60. The second-order valence-corrected chi connectivity index (χ2v) is 10.2. The lowest BCUT2D eigenvalue weighted by Crippen LogP contribution is -2.39. The molecule has 0 atom stereocenters. The van der Waals surface area contributed by atoms with Gasteiger partial charge >= 0.3 is 0 Å². The third-order valence-corrected chi connectivity index (χ3v) is 8.19. The molecule has 1 fully saturated rings. The molecule has 1 saturated carbocycles. The van der Waals surface area contributed by atoms with Crippen molar-refractivity contribution in [1.29, 1.82) is 0 Å². The van der Waals surface area contributed by atoms with Crippen molar-refractivity contribution in [3.05, 3.63) is 16.8 Å². The first-order chi connectivity index (χ1) is 13.4. The van der Waals surface area contributed by atoms with Gasteiger partial charge in [0.2, 0.25) is 5.88 Å². The summed E-state index contributed by atoms with van der Waals surface area (Å²) in [5.41, 5.74) is 0.940. The van der Waals surface area contributed by atoms with Crippen LogP contribution < -0.4 is 9.88 Å². The third-order valence-electron chi connectivity index (χ3n) is 5.96. The standard InChI is InChI=1S/C18H27N5O3S2/c1-3-22(2)12-4-6-13(7-5-12)26-17-16-14-10-23(28(19,24)25)9-8-15(14)27-18(16)21-11-20-17/h11-13H,3-10H2,1-2H3,(H2,19,24,25). The summed E-state index contributed by atoms with van der Waals surface area (Å²) in [7, 11) is -1.55. The summed E-state index contributed by atoms with van der Waals surface area (Å²) in [4.78, 5) is 13.2. The summed E-state index contributed by atoms with van der Waals surface area (Å²) in [6.07, 6.45) is 6.53. The highest BCUT2D eigenvalue weighted by Gasteiger charge is 2.30. The summed E-state index contributed by atoms with van der Waals surface area (Å²) < 4.78 is 31.2. The number of aromatic nitrogens is 2. The molecule has 0 unspecified atom stereocenters. The molecule has 0 saturated heterocycles. The third kappa shape index (κ3) is 3.88. The van der Waals surface area contributed by atoms with Crippen LogP contribution in [0, 0.1) is 0 Å². The van der Waals surface area contributed by atoms with Gasteiger partial charge in [-0.05, 0) is 51.3 Å². The number of thiophene rings is 1. The van der Waals surface area contributed by atoms with Crippen LogP contribution in [0.5, 0.6) is 5.88 Å². The molecule has 2 N–H and O–H groups in total. The number of ether oxygens (including phenoxy) is 1. The molecule has 0 bridgehead atoms. The van der Waals surface area contributed by atoms with E-state index in [1.807, 2.05) is 0 Å². The van der Waals surface area contributed by atoms with Gasteiger partial charge < -0.3 is 9.64 Å². The zero-order chi connectivity index (χ0) is 19.9. The summed E-state index contributed by atoms with van der Waals surface area (Å²) in [6, 6.07) is 0.618. The molecule has 8 nitrogen and oxygen atoms in total. The quantitative estimate of drug-likeness (QED) is 0.785. The molecule has 10 heteroatoms. The van der Waals surface area contributed by atoms with Crippen molar-refractivity contribution < 1.29 is 13.2 Å². The van der Waals surface area contributed by atoms with Gasteiger partial charge in [0.05, 0.1) is 5.39 Å². The normalized spacial score (nSPS) is 23.9. The fraction of sp³-hybridized carbons (Fsp3) is 0.667. The summed E-state index contributed by atoms with van der Waals surface area (Å²) in [6.45, 7) is 3.90. The van der Waals surface area contributed by atoms with Crippen LogP contribution in [-0.4, -0.2) is 59.9 Å². The Morgan fingerprint density at radius 2 is 2.07 bits per heavy atom. The number of hydrogen-bond acceptors (Lipinski definition) is 7. The number of rotatable bonds is 5. The molecule has 0 amide bonds. The molecule has 0 spiro atoms. The predicted molar refractivity (Wildman–Crippen MR) is 110 cm³/mol. The molecule has 3 heterocycles. The van der Waals surface area contributed by atoms with E-state index in [0.29, 0.717) is 24.9 Å². The Morgan fingerprint density at radius 3 is 2.75 bits per heavy atom. The Labute approximate surface area is 169 Å². The fourth-order valence-electron chi connectivity index (χ4n) is 4.18. The number of nitrogens with two attached hydrogens (primary N) is 1. The Kier molecular flexibility index (Phi) is 5.58. The largest absolute Gasteiger partial charge is 0.474 e. The molecule has 1 aliphatic heterocycles. The average molecular weight is 426 g/mol. The monoisotopic (exact) mass is 425 g/mol. The van der Waals surface area contributed by atoms with Crippen LogP contribution in [0.15, 0.2) is 6.33 Å². The zero-order valence-electron chi connectivity index (χ0n) is 16.3. The molecule has 0 aromatic carbocycles. The lowest BCUT2D eigenvalue weighted by atomic mass is 9.92. The van der Waals surface area contributed by atoms with E-state index < -0.39 is 10.2 Å². The number of nitrogens with zero attached hydrogens (tertiary/aromatic N) is 4. The Bertz CT molecular complexity index is 954. The minimum absolute atomic E-state index is 0.132. The van der Waals surface area contributed by atoms with E-state index in [4.69, 9.17) is 9.88 Å². The highest BCUT2D eigenvalue weighted by atomic mass is 32.2.